The third kappa shape index (κ3) is 23.4. The van der Waals surface area contributed by atoms with E-state index in [1.807, 2.05) is 0 Å². The van der Waals surface area contributed by atoms with Crippen LogP contribution in [-0.4, -0.2) is 13.1 Å². The predicted octanol–water partition coefficient (Wildman–Crippen LogP) is 7.97. The second-order valence-corrected chi connectivity index (χ2v) is 7.38. The number of hydrogen-bond donors (Lipinski definition) is 1. The fraction of sp³-hybridized carbons (Fsp3) is 0.833. The van der Waals surface area contributed by atoms with E-state index in [4.69, 9.17) is 0 Å². The number of nitrogens with one attached hydrogen (secondary N) is 1. The summed E-state index contributed by atoms with van der Waals surface area (Å²) in [5, 5.41) is 3.61. The molecule has 0 spiro atoms. The number of allylic oxidation sites excluding steroid dienone is 4. The third-order valence-electron chi connectivity index (χ3n) is 4.73. The van der Waals surface area contributed by atoms with Gasteiger partial charge in [-0.2, -0.15) is 0 Å². The van der Waals surface area contributed by atoms with Crippen molar-refractivity contribution in [3.05, 3.63) is 24.3 Å². The molecule has 0 radical (unpaired) electrons. The van der Waals surface area contributed by atoms with Crippen LogP contribution in [0.25, 0.3) is 0 Å². The molecule has 1 heteroatoms. The zero-order chi connectivity index (χ0) is 18.3. The summed E-state index contributed by atoms with van der Waals surface area (Å²) >= 11 is 0. The number of rotatable bonds is 20. The summed E-state index contributed by atoms with van der Waals surface area (Å²) in [6.07, 6.45) is 30.9. The summed E-state index contributed by atoms with van der Waals surface area (Å²) in [4.78, 5) is 0. The quantitative estimate of drug-likeness (QED) is 0.173. The van der Waals surface area contributed by atoms with Crippen LogP contribution in [0.15, 0.2) is 24.3 Å². The van der Waals surface area contributed by atoms with Gasteiger partial charge in [-0.3, -0.25) is 0 Å². The first kappa shape index (κ1) is 24.4. The first-order valence-electron chi connectivity index (χ1n) is 11.4. The maximum absolute atomic E-state index is 3.61. The monoisotopic (exact) mass is 349 g/mol. The Morgan fingerprint density at radius 2 is 0.800 bits per heavy atom. The summed E-state index contributed by atoms with van der Waals surface area (Å²) in [6.45, 7) is 6.95. The molecule has 0 rings (SSSR count). The van der Waals surface area contributed by atoms with Gasteiger partial charge in [0, 0.05) is 0 Å². The van der Waals surface area contributed by atoms with Gasteiger partial charge in [-0.1, -0.05) is 89.5 Å². The highest BCUT2D eigenvalue weighted by Gasteiger charge is 1.92. The van der Waals surface area contributed by atoms with Crippen molar-refractivity contribution in [1.29, 1.82) is 0 Å². The zero-order valence-corrected chi connectivity index (χ0v) is 17.5. The molecule has 25 heavy (non-hydrogen) atoms. The lowest BCUT2D eigenvalue weighted by molar-refractivity contribution is 0.557. The molecule has 0 bridgehead atoms. The fourth-order valence-corrected chi connectivity index (χ4v) is 2.97. The molecule has 0 aliphatic rings. The first-order valence-corrected chi connectivity index (χ1v) is 11.4. The van der Waals surface area contributed by atoms with Crippen LogP contribution in [0.1, 0.15) is 117 Å². The van der Waals surface area contributed by atoms with Crippen molar-refractivity contribution in [2.24, 2.45) is 0 Å². The fourth-order valence-electron chi connectivity index (χ4n) is 2.97. The molecule has 1 N–H and O–H groups in total. The molecule has 0 aliphatic carbocycles. The molecule has 0 heterocycles. The van der Waals surface area contributed by atoms with Crippen molar-refractivity contribution in [2.75, 3.05) is 13.1 Å². The van der Waals surface area contributed by atoms with Crippen LogP contribution < -0.4 is 5.32 Å². The second kappa shape index (κ2) is 23.4. The van der Waals surface area contributed by atoms with Gasteiger partial charge < -0.3 is 5.32 Å². The van der Waals surface area contributed by atoms with Gasteiger partial charge in [0.1, 0.15) is 0 Å². The SMILES string of the molecule is CCCC/C=C\CCCCCCNCCCCCC/C=C\CCCC. The van der Waals surface area contributed by atoms with Crippen molar-refractivity contribution >= 4 is 0 Å². The van der Waals surface area contributed by atoms with Crippen molar-refractivity contribution < 1.29 is 0 Å². The van der Waals surface area contributed by atoms with Gasteiger partial charge in [-0.05, 0) is 64.5 Å². The minimum Gasteiger partial charge on any atom is -0.317 e. The van der Waals surface area contributed by atoms with E-state index < -0.39 is 0 Å². The minimum absolute atomic E-state index is 1.21. The largest absolute Gasteiger partial charge is 0.317 e. The van der Waals surface area contributed by atoms with Crippen LogP contribution in [0.3, 0.4) is 0 Å². The molecule has 0 unspecified atom stereocenters. The summed E-state index contributed by atoms with van der Waals surface area (Å²) in [6, 6.07) is 0. The van der Waals surface area contributed by atoms with Gasteiger partial charge in [0.25, 0.3) is 0 Å². The van der Waals surface area contributed by atoms with E-state index in [9.17, 15) is 0 Å². The Kier molecular flexibility index (Phi) is 22.9. The second-order valence-electron chi connectivity index (χ2n) is 7.38. The van der Waals surface area contributed by atoms with E-state index in [-0.39, 0.29) is 0 Å². The maximum Gasteiger partial charge on any atom is -0.00489 e. The summed E-state index contributed by atoms with van der Waals surface area (Å²) < 4.78 is 0. The first-order chi connectivity index (χ1) is 12.4. The summed E-state index contributed by atoms with van der Waals surface area (Å²) in [7, 11) is 0. The zero-order valence-electron chi connectivity index (χ0n) is 17.5. The smallest absolute Gasteiger partial charge is 0.00489 e. The van der Waals surface area contributed by atoms with Crippen molar-refractivity contribution in [1.82, 2.24) is 5.32 Å². The standard InChI is InChI=1S/C24H47N/c1-3-5-7-9-11-13-15-17-19-21-23-25-24-22-20-18-16-14-12-10-8-6-4-2/h9-12,25H,3-8,13-24H2,1-2H3/b11-9-,12-10-. The Labute approximate surface area is 159 Å². The van der Waals surface area contributed by atoms with Crippen molar-refractivity contribution in [2.45, 2.75) is 117 Å². The van der Waals surface area contributed by atoms with Crippen LogP contribution >= 0.6 is 0 Å². The van der Waals surface area contributed by atoms with Crippen LogP contribution in [0.4, 0.5) is 0 Å². The maximum atomic E-state index is 3.61. The average molecular weight is 350 g/mol. The molecule has 0 aromatic rings. The van der Waals surface area contributed by atoms with Gasteiger partial charge in [0.2, 0.25) is 0 Å². The highest BCUT2D eigenvalue weighted by molar-refractivity contribution is 4.81. The van der Waals surface area contributed by atoms with E-state index in [0.29, 0.717) is 0 Å². The summed E-state index contributed by atoms with van der Waals surface area (Å²) in [5.41, 5.74) is 0. The Bertz CT molecular complexity index is 252. The van der Waals surface area contributed by atoms with Crippen LogP contribution in [0, 0.1) is 0 Å². The van der Waals surface area contributed by atoms with Crippen LogP contribution in [-0.2, 0) is 0 Å². The van der Waals surface area contributed by atoms with Crippen molar-refractivity contribution in [3.8, 4) is 0 Å². The Morgan fingerprint density at radius 3 is 1.20 bits per heavy atom. The normalized spacial score (nSPS) is 11.9. The lowest BCUT2D eigenvalue weighted by atomic mass is 10.1. The predicted molar refractivity (Wildman–Crippen MR) is 116 cm³/mol. The van der Waals surface area contributed by atoms with Gasteiger partial charge in [0.05, 0.1) is 0 Å². The molecule has 0 aliphatic heterocycles. The van der Waals surface area contributed by atoms with Crippen LogP contribution in [0.5, 0.6) is 0 Å². The highest BCUT2D eigenvalue weighted by Crippen LogP contribution is 2.06. The molecule has 0 saturated carbocycles. The summed E-state index contributed by atoms with van der Waals surface area (Å²) in [5.74, 6) is 0. The lowest BCUT2D eigenvalue weighted by Gasteiger charge is -2.04. The number of unbranched alkanes of at least 4 members (excludes halogenated alkanes) is 12. The molecular formula is C24H47N. The number of hydrogen-bond acceptors (Lipinski definition) is 1. The Morgan fingerprint density at radius 1 is 0.440 bits per heavy atom. The molecular weight excluding hydrogens is 302 g/mol. The van der Waals surface area contributed by atoms with Crippen molar-refractivity contribution in [3.63, 3.8) is 0 Å². The molecule has 148 valence electrons. The van der Waals surface area contributed by atoms with Gasteiger partial charge >= 0.3 is 0 Å². The molecule has 0 amide bonds. The van der Waals surface area contributed by atoms with E-state index in [1.54, 1.807) is 0 Å². The van der Waals surface area contributed by atoms with Gasteiger partial charge in [-0.25, -0.2) is 0 Å². The molecule has 0 aromatic carbocycles. The molecule has 1 nitrogen and oxygen atoms in total. The van der Waals surface area contributed by atoms with E-state index in [2.05, 4.69) is 43.5 Å². The molecule has 0 atom stereocenters. The van der Waals surface area contributed by atoms with Gasteiger partial charge in [0.15, 0.2) is 0 Å². The van der Waals surface area contributed by atoms with Crippen LogP contribution in [0.2, 0.25) is 0 Å². The topological polar surface area (TPSA) is 12.0 Å². The van der Waals surface area contributed by atoms with E-state index >= 15 is 0 Å². The Hall–Kier alpha value is -0.560. The highest BCUT2D eigenvalue weighted by atomic mass is 14.8. The molecule has 0 aromatic heterocycles. The van der Waals surface area contributed by atoms with Gasteiger partial charge in [-0.15, -0.1) is 0 Å². The van der Waals surface area contributed by atoms with E-state index in [0.717, 1.165) is 0 Å². The minimum atomic E-state index is 1.21. The lowest BCUT2D eigenvalue weighted by Crippen LogP contribution is -2.16. The average Bonchev–Trinajstić information content (AvgIpc) is 2.63. The third-order valence-corrected chi connectivity index (χ3v) is 4.73. The Balaban J connectivity index is 3.05. The van der Waals surface area contributed by atoms with E-state index in [1.165, 1.54) is 116 Å². The molecule has 0 saturated heterocycles. The molecule has 0 fully saturated rings.